The number of halogens is 5. The molecule has 1 rings (SSSR count). The minimum atomic E-state index is -3.53. The molecule has 0 heterocycles. The van der Waals surface area contributed by atoms with Crippen molar-refractivity contribution in [2.24, 2.45) is 0 Å². The minimum absolute atomic E-state index is 0.775. The molecule has 0 N–H and O–H groups in total. The molecule has 0 spiro atoms. The zero-order valence-corrected chi connectivity index (χ0v) is 7.21. The van der Waals surface area contributed by atoms with Crippen LogP contribution in [0.15, 0.2) is 18.2 Å². The Kier molecular flexibility index (Phi) is 2.41. The van der Waals surface area contributed by atoms with E-state index in [0.717, 1.165) is 18.2 Å². The van der Waals surface area contributed by atoms with Gasteiger partial charge in [-0.1, -0.05) is 6.07 Å². The third-order valence-electron chi connectivity index (χ3n) is 1.26. The summed E-state index contributed by atoms with van der Waals surface area (Å²) in [6.45, 7) is 0. The molecule has 0 unspecified atom stereocenters. The summed E-state index contributed by atoms with van der Waals surface area (Å²) in [5, 5.41) is 0. The highest BCUT2D eigenvalue weighted by Gasteiger charge is 2.31. The van der Waals surface area contributed by atoms with Gasteiger partial charge in [0.2, 0.25) is 0 Å². The van der Waals surface area contributed by atoms with Crippen molar-refractivity contribution in [3.63, 3.8) is 0 Å². The van der Waals surface area contributed by atoms with Gasteiger partial charge in [0, 0.05) is 0 Å². The summed E-state index contributed by atoms with van der Waals surface area (Å²) < 4.78 is 49.8. The molecule has 0 fully saturated rings. The SMILES string of the molecule is Fc1cccc(C(F)(F)Br)c1F. The van der Waals surface area contributed by atoms with E-state index in [1.165, 1.54) is 0 Å². The van der Waals surface area contributed by atoms with E-state index in [1.54, 1.807) is 0 Å². The van der Waals surface area contributed by atoms with E-state index in [0.29, 0.717) is 0 Å². The Morgan fingerprint density at radius 3 is 2.17 bits per heavy atom. The van der Waals surface area contributed by atoms with Crippen LogP contribution >= 0.6 is 15.9 Å². The second-order valence-corrected chi connectivity index (χ2v) is 3.10. The van der Waals surface area contributed by atoms with Crippen LogP contribution in [0.1, 0.15) is 5.56 Å². The van der Waals surface area contributed by atoms with Gasteiger partial charge in [0.25, 0.3) is 0 Å². The number of benzene rings is 1. The van der Waals surface area contributed by atoms with E-state index >= 15 is 0 Å². The van der Waals surface area contributed by atoms with Gasteiger partial charge in [0.1, 0.15) is 0 Å². The maximum Gasteiger partial charge on any atom is 0.329 e. The van der Waals surface area contributed by atoms with Crippen molar-refractivity contribution in [1.82, 2.24) is 0 Å². The van der Waals surface area contributed by atoms with Gasteiger partial charge >= 0.3 is 4.83 Å². The van der Waals surface area contributed by atoms with Gasteiger partial charge in [0.05, 0.1) is 5.56 Å². The normalized spacial score (nSPS) is 11.8. The molecule has 12 heavy (non-hydrogen) atoms. The zero-order valence-electron chi connectivity index (χ0n) is 5.62. The first-order chi connectivity index (χ1) is 5.43. The van der Waals surface area contributed by atoms with Gasteiger partial charge in [-0.25, -0.2) is 8.78 Å². The van der Waals surface area contributed by atoms with Crippen LogP contribution in [0.3, 0.4) is 0 Å². The summed E-state index contributed by atoms with van der Waals surface area (Å²) >= 11 is 1.93. The van der Waals surface area contributed by atoms with E-state index in [2.05, 4.69) is 0 Å². The highest BCUT2D eigenvalue weighted by molar-refractivity contribution is 9.09. The van der Waals surface area contributed by atoms with Crippen molar-refractivity contribution in [1.29, 1.82) is 0 Å². The Labute approximate surface area is 74.3 Å². The molecule has 0 atom stereocenters. The first-order valence-corrected chi connectivity index (χ1v) is 3.73. The summed E-state index contributed by atoms with van der Waals surface area (Å²) in [5.74, 6) is -2.81. The summed E-state index contributed by atoms with van der Waals surface area (Å²) in [4.78, 5) is -3.53. The molecule has 0 aliphatic carbocycles. The van der Waals surface area contributed by atoms with Gasteiger partial charge < -0.3 is 0 Å². The molecule has 0 aromatic heterocycles. The lowest BCUT2D eigenvalue weighted by Gasteiger charge is -2.08. The monoisotopic (exact) mass is 242 g/mol. The largest absolute Gasteiger partial charge is 0.329 e. The van der Waals surface area contributed by atoms with Crippen molar-refractivity contribution in [2.75, 3.05) is 0 Å². The van der Waals surface area contributed by atoms with Gasteiger partial charge in [0.15, 0.2) is 11.6 Å². The Morgan fingerprint density at radius 2 is 1.75 bits per heavy atom. The topological polar surface area (TPSA) is 0 Å². The predicted octanol–water partition coefficient (Wildman–Crippen LogP) is 3.41. The smallest absolute Gasteiger partial charge is 0.204 e. The van der Waals surface area contributed by atoms with Gasteiger partial charge in [-0.05, 0) is 28.1 Å². The van der Waals surface area contributed by atoms with Crippen molar-refractivity contribution in [3.05, 3.63) is 35.4 Å². The summed E-state index contributed by atoms with van der Waals surface area (Å²) in [6.07, 6.45) is 0. The van der Waals surface area contributed by atoms with Crippen molar-refractivity contribution in [2.45, 2.75) is 4.83 Å². The summed E-state index contributed by atoms with van der Waals surface area (Å²) in [5.41, 5.74) is -0.998. The molecule has 66 valence electrons. The Morgan fingerprint density at radius 1 is 1.17 bits per heavy atom. The molecule has 0 amide bonds. The Balaban J connectivity index is 3.26. The highest BCUT2D eigenvalue weighted by atomic mass is 79.9. The maximum absolute atomic E-state index is 12.6. The predicted molar refractivity (Wildman–Crippen MR) is 39.2 cm³/mol. The molecule has 1 aromatic carbocycles. The third-order valence-corrected chi connectivity index (χ3v) is 1.68. The van der Waals surface area contributed by atoms with Crippen molar-refractivity contribution < 1.29 is 17.6 Å². The molecule has 1 aromatic rings. The molecule has 0 nitrogen and oxygen atoms in total. The summed E-state index contributed by atoms with van der Waals surface area (Å²) in [7, 11) is 0. The van der Waals surface area contributed by atoms with Gasteiger partial charge in [-0.15, -0.1) is 0 Å². The quantitative estimate of drug-likeness (QED) is 0.523. The Hall–Kier alpha value is -0.580. The van der Waals surface area contributed by atoms with Crippen LogP contribution in [0.5, 0.6) is 0 Å². The molecule has 0 aliphatic rings. The zero-order chi connectivity index (χ0) is 9.35. The van der Waals surface area contributed by atoms with Gasteiger partial charge in [-0.2, -0.15) is 8.78 Å². The number of rotatable bonds is 1. The Bertz CT molecular complexity index is 292. The van der Waals surface area contributed by atoms with Crippen LogP contribution in [0.2, 0.25) is 0 Å². The van der Waals surface area contributed by atoms with Gasteiger partial charge in [-0.3, -0.25) is 0 Å². The minimum Gasteiger partial charge on any atom is -0.204 e. The molecule has 0 saturated carbocycles. The molecule has 0 bridgehead atoms. The highest BCUT2D eigenvalue weighted by Crippen LogP contribution is 2.36. The lowest BCUT2D eigenvalue weighted by Crippen LogP contribution is -2.06. The average molecular weight is 243 g/mol. The van der Waals surface area contributed by atoms with E-state index in [-0.39, 0.29) is 0 Å². The van der Waals surface area contributed by atoms with E-state index in [9.17, 15) is 17.6 Å². The molecule has 0 saturated heterocycles. The van der Waals surface area contributed by atoms with Crippen molar-refractivity contribution >= 4 is 15.9 Å². The standard InChI is InChI=1S/C7H3BrF4/c8-7(11,12)4-2-1-3-5(9)6(4)10/h1-3H. The molecule has 0 radical (unpaired) electrons. The lowest BCUT2D eigenvalue weighted by molar-refractivity contribution is 0.109. The first-order valence-electron chi connectivity index (χ1n) is 2.94. The molecular formula is C7H3BrF4. The average Bonchev–Trinajstić information content (AvgIpc) is 1.92. The van der Waals surface area contributed by atoms with Crippen LogP contribution < -0.4 is 0 Å². The van der Waals surface area contributed by atoms with Crippen LogP contribution in [0.4, 0.5) is 17.6 Å². The van der Waals surface area contributed by atoms with E-state index < -0.39 is 22.0 Å². The fraction of sp³-hybridized carbons (Fsp3) is 0.143. The van der Waals surface area contributed by atoms with Crippen LogP contribution in [-0.2, 0) is 4.83 Å². The maximum atomic E-state index is 12.6. The fourth-order valence-corrected chi connectivity index (χ4v) is 1.03. The molecular weight excluding hydrogens is 240 g/mol. The number of alkyl halides is 3. The third kappa shape index (κ3) is 1.77. The van der Waals surface area contributed by atoms with Crippen molar-refractivity contribution in [3.8, 4) is 0 Å². The van der Waals surface area contributed by atoms with Crippen LogP contribution in [0, 0.1) is 11.6 Å². The molecule has 0 aliphatic heterocycles. The second kappa shape index (κ2) is 3.05. The number of hydrogen-bond donors (Lipinski definition) is 0. The van der Waals surface area contributed by atoms with Crippen LogP contribution in [-0.4, -0.2) is 0 Å². The first kappa shape index (κ1) is 9.51. The fourth-order valence-electron chi connectivity index (χ4n) is 0.723. The van der Waals surface area contributed by atoms with Crippen LogP contribution in [0.25, 0.3) is 0 Å². The molecule has 5 heteroatoms. The van der Waals surface area contributed by atoms with E-state index in [1.807, 2.05) is 15.9 Å². The van der Waals surface area contributed by atoms with E-state index in [4.69, 9.17) is 0 Å². The summed E-state index contributed by atoms with van der Waals surface area (Å²) in [6, 6.07) is 2.60. The number of hydrogen-bond acceptors (Lipinski definition) is 0. The lowest BCUT2D eigenvalue weighted by atomic mass is 10.2. The second-order valence-electron chi connectivity index (χ2n) is 2.10.